The van der Waals surface area contributed by atoms with Crippen molar-refractivity contribution in [3.8, 4) is 0 Å². The predicted octanol–water partition coefficient (Wildman–Crippen LogP) is 3.63. The number of aryl methyl sites for hydroxylation is 1. The molecule has 0 radical (unpaired) electrons. The minimum atomic E-state index is 0.0887. The number of thiazole rings is 1. The molecule has 1 amide bonds. The van der Waals surface area contributed by atoms with Crippen LogP contribution in [0.2, 0.25) is 5.02 Å². The van der Waals surface area contributed by atoms with Gasteiger partial charge in [0.1, 0.15) is 0 Å². The number of carbonyl (C=O) groups is 1. The number of nitrogens with one attached hydrogen (secondary N) is 2. The quantitative estimate of drug-likeness (QED) is 0.886. The maximum absolute atomic E-state index is 12.2. The Hall–Kier alpha value is -1.43. The van der Waals surface area contributed by atoms with Crippen molar-refractivity contribution in [2.24, 2.45) is 5.92 Å². The summed E-state index contributed by atoms with van der Waals surface area (Å²) < 4.78 is 0. The average Bonchev–Trinajstić information content (AvgIpc) is 2.99. The highest BCUT2D eigenvalue weighted by Crippen LogP contribution is 2.25. The van der Waals surface area contributed by atoms with E-state index in [1.165, 1.54) is 11.3 Å². The molecule has 23 heavy (non-hydrogen) atoms. The molecule has 1 aliphatic heterocycles. The molecule has 0 unspecified atom stereocenters. The van der Waals surface area contributed by atoms with Crippen LogP contribution in [0.25, 0.3) is 0 Å². The van der Waals surface area contributed by atoms with Crippen LogP contribution < -0.4 is 10.6 Å². The van der Waals surface area contributed by atoms with Crippen molar-refractivity contribution >= 4 is 34.0 Å². The lowest BCUT2D eigenvalue weighted by molar-refractivity contribution is -0.120. The second-order valence-corrected chi connectivity index (χ2v) is 7.43. The van der Waals surface area contributed by atoms with Crippen LogP contribution in [0.15, 0.2) is 24.4 Å². The molecule has 0 aliphatic carbocycles. The van der Waals surface area contributed by atoms with E-state index >= 15 is 0 Å². The lowest BCUT2D eigenvalue weighted by Gasteiger charge is -2.20. The molecule has 2 heterocycles. The summed E-state index contributed by atoms with van der Waals surface area (Å²) >= 11 is 7.69. The molecule has 0 bridgehead atoms. The number of hydrogen-bond acceptors (Lipinski definition) is 4. The van der Waals surface area contributed by atoms with Crippen molar-refractivity contribution in [3.63, 3.8) is 0 Å². The maximum Gasteiger partial charge on any atom is 0.229 e. The first-order valence-corrected chi connectivity index (χ1v) is 9.02. The van der Waals surface area contributed by atoms with E-state index in [0.29, 0.717) is 5.13 Å². The number of carbonyl (C=O) groups excluding carboxylic acids is 1. The van der Waals surface area contributed by atoms with E-state index in [4.69, 9.17) is 11.6 Å². The highest BCUT2D eigenvalue weighted by atomic mass is 35.5. The maximum atomic E-state index is 12.2. The summed E-state index contributed by atoms with van der Waals surface area (Å²) in [5, 5.41) is 7.69. The fraction of sp³-hybridized carbons (Fsp3) is 0.412. The Kier molecular flexibility index (Phi) is 5.30. The third-order valence-electron chi connectivity index (χ3n) is 4.11. The molecular formula is C17H20ClN3OS. The van der Waals surface area contributed by atoms with Crippen LogP contribution in [-0.2, 0) is 11.2 Å². The summed E-state index contributed by atoms with van der Waals surface area (Å²) in [6, 6.07) is 6.09. The van der Waals surface area contributed by atoms with E-state index < -0.39 is 0 Å². The van der Waals surface area contributed by atoms with Gasteiger partial charge < -0.3 is 10.6 Å². The van der Waals surface area contributed by atoms with Crippen molar-refractivity contribution < 1.29 is 4.79 Å². The van der Waals surface area contributed by atoms with E-state index in [1.807, 2.05) is 25.3 Å². The summed E-state index contributed by atoms with van der Waals surface area (Å²) in [4.78, 5) is 17.7. The average molecular weight is 350 g/mol. The molecule has 0 atom stereocenters. The second kappa shape index (κ2) is 7.43. The summed E-state index contributed by atoms with van der Waals surface area (Å²) in [6.45, 7) is 3.82. The SMILES string of the molecule is Cc1ccc(Cc2cnc(NC(=O)C3CCNCC3)s2)cc1Cl. The Morgan fingerprint density at radius 1 is 1.43 bits per heavy atom. The van der Waals surface area contributed by atoms with Gasteiger partial charge in [-0.1, -0.05) is 23.7 Å². The molecule has 1 aromatic heterocycles. The van der Waals surface area contributed by atoms with Crippen LogP contribution in [0.3, 0.4) is 0 Å². The molecule has 1 fully saturated rings. The highest BCUT2D eigenvalue weighted by Gasteiger charge is 2.21. The number of hydrogen-bond donors (Lipinski definition) is 2. The Morgan fingerprint density at radius 3 is 2.96 bits per heavy atom. The second-order valence-electron chi connectivity index (χ2n) is 5.91. The van der Waals surface area contributed by atoms with Crippen LogP contribution in [0.4, 0.5) is 5.13 Å². The van der Waals surface area contributed by atoms with Crippen molar-refractivity contribution in [1.29, 1.82) is 0 Å². The fourth-order valence-corrected chi connectivity index (χ4v) is 3.74. The standard InChI is InChI=1S/C17H20ClN3OS/c1-11-2-3-12(9-15(11)18)8-14-10-20-17(23-14)21-16(22)13-4-6-19-7-5-13/h2-3,9-10,13,19H,4-8H2,1H3,(H,20,21,22). The smallest absolute Gasteiger partial charge is 0.229 e. The molecule has 2 N–H and O–H groups in total. The van der Waals surface area contributed by atoms with Crippen LogP contribution in [0.1, 0.15) is 28.8 Å². The summed E-state index contributed by atoms with van der Waals surface area (Å²) in [5.41, 5.74) is 2.23. The van der Waals surface area contributed by atoms with Gasteiger partial charge in [0, 0.05) is 28.4 Å². The van der Waals surface area contributed by atoms with Gasteiger partial charge >= 0.3 is 0 Å². The molecule has 6 heteroatoms. The van der Waals surface area contributed by atoms with Gasteiger partial charge in [-0.3, -0.25) is 4.79 Å². The molecule has 2 aromatic rings. The molecule has 0 saturated carbocycles. The van der Waals surface area contributed by atoms with Crippen molar-refractivity contribution in [2.45, 2.75) is 26.2 Å². The fourth-order valence-electron chi connectivity index (χ4n) is 2.69. The van der Waals surface area contributed by atoms with E-state index in [2.05, 4.69) is 21.7 Å². The van der Waals surface area contributed by atoms with Crippen LogP contribution in [-0.4, -0.2) is 24.0 Å². The van der Waals surface area contributed by atoms with Gasteiger partial charge in [0.05, 0.1) is 0 Å². The molecule has 0 spiro atoms. The van der Waals surface area contributed by atoms with Crippen LogP contribution in [0.5, 0.6) is 0 Å². The Bertz CT molecular complexity index is 695. The molecule has 1 saturated heterocycles. The van der Waals surface area contributed by atoms with Gasteiger partial charge in [-0.05, 0) is 50.0 Å². The van der Waals surface area contributed by atoms with Gasteiger partial charge in [-0.2, -0.15) is 0 Å². The zero-order valence-corrected chi connectivity index (χ0v) is 14.6. The normalized spacial score (nSPS) is 15.6. The van der Waals surface area contributed by atoms with Crippen LogP contribution >= 0.6 is 22.9 Å². The molecule has 4 nitrogen and oxygen atoms in total. The van der Waals surface area contributed by atoms with E-state index in [0.717, 1.165) is 53.4 Å². The predicted molar refractivity (Wildman–Crippen MR) is 95.3 cm³/mol. The number of piperidine rings is 1. The first-order valence-electron chi connectivity index (χ1n) is 7.83. The minimum absolute atomic E-state index is 0.0887. The monoisotopic (exact) mass is 349 g/mol. The van der Waals surface area contributed by atoms with Crippen molar-refractivity contribution in [1.82, 2.24) is 10.3 Å². The first kappa shape index (κ1) is 16.4. The highest BCUT2D eigenvalue weighted by molar-refractivity contribution is 7.15. The molecular weight excluding hydrogens is 330 g/mol. The summed E-state index contributed by atoms with van der Waals surface area (Å²) in [5.74, 6) is 0.185. The topological polar surface area (TPSA) is 54.0 Å². The van der Waals surface area contributed by atoms with Gasteiger partial charge in [-0.25, -0.2) is 4.98 Å². The van der Waals surface area contributed by atoms with E-state index in [-0.39, 0.29) is 11.8 Å². The van der Waals surface area contributed by atoms with Gasteiger partial charge in [0.25, 0.3) is 0 Å². The molecule has 1 aromatic carbocycles. The molecule has 1 aliphatic rings. The molecule has 3 rings (SSSR count). The first-order chi connectivity index (χ1) is 11.1. The third-order valence-corrected chi connectivity index (χ3v) is 5.43. The zero-order chi connectivity index (χ0) is 16.2. The summed E-state index contributed by atoms with van der Waals surface area (Å²) in [6.07, 6.45) is 4.40. The minimum Gasteiger partial charge on any atom is -0.317 e. The number of aromatic nitrogens is 1. The number of nitrogens with zero attached hydrogens (tertiary/aromatic N) is 1. The number of halogens is 1. The molecule has 122 valence electrons. The third kappa shape index (κ3) is 4.31. The summed E-state index contributed by atoms with van der Waals surface area (Å²) in [7, 11) is 0. The largest absolute Gasteiger partial charge is 0.317 e. The van der Waals surface area contributed by atoms with Crippen LogP contribution in [0, 0.1) is 12.8 Å². The van der Waals surface area contributed by atoms with Crippen molar-refractivity contribution in [3.05, 3.63) is 45.4 Å². The van der Waals surface area contributed by atoms with E-state index in [9.17, 15) is 4.79 Å². The number of anilines is 1. The van der Waals surface area contributed by atoms with Gasteiger partial charge in [0.2, 0.25) is 5.91 Å². The Morgan fingerprint density at radius 2 is 2.22 bits per heavy atom. The Balaban J connectivity index is 1.61. The van der Waals surface area contributed by atoms with E-state index in [1.54, 1.807) is 0 Å². The Labute approximate surface area is 145 Å². The number of benzene rings is 1. The number of amides is 1. The zero-order valence-electron chi connectivity index (χ0n) is 13.1. The van der Waals surface area contributed by atoms with Crippen molar-refractivity contribution in [2.75, 3.05) is 18.4 Å². The number of rotatable bonds is 4. The van der Waals surface area contributed by atoms with Gasteiger partial charge in [-0.15, -0.1) is 11.3 Å². The lowest BCUT2D eigenvalue weighted by atomic mass is 9.97. The lowest BCUT2D eigenvalue weighted by Crippen LogP contribution is -2.34. The van der Waals surface area contributed by atoms with Gasteiger partial charge in [0.15, 0.2) is 5.13 Å².